The Morgan fingerprint density at radius 3 is 2.33 bits per heavy atom. The zero-order chi connectivity index (χ0) is 29.1. The fourth-order valence-electron chi connectivity index (χ4n) is 10.5. The maximum Gasteiger partial charge on any atom is 0.338 e. The molecular weight excluding hydrogens is 488 g/mol. The van der Waals surface area contributed by atoms with E-state index in [0.717, 1.165) is 24.7 Å². The van der Waals surface area contributed by atoms with Crippen LogP contribution in [0.4, 0.5) is 0 Å². The van der Waals surface area contributed by atoms with Crippen molar-refractivity contribution in [1.29, 1.82) is 0 Å². The van der Waals surface area contributed by atoms with Gasteiger partial charge in [0.25, 0.3) is 0 Å². The van der Waals surface area contributed by atoms with E-state index >= 15 is 0 Å². The summed E-state index contributed by atoms with van der Waals surface area (Å²) in [4.78, 5) is 13.1. The first-order chi connectivity index (χ1) is 18.7. The number of rotatable bonds is 6. The number of fused-ring (bicyclic) bond motifs is 4. The van der Waals surface area contributed by atoms with Crippen molar-refractivity contribution in [2.24, 2.45) is 39.4 Å². The van der Waals surface area contributed by atoms with Crippen LogP contribution in [-0.2, 0) is 4.74 Å². The molecule has 0 spiro atoms. The fourth-order valence-corrected chi connectivity index (χ4v) is 10.5. The Labute approximate surface area is 245 Å². The molecule has 2 heteroatoms. The molecule has 0 aromatic heterocycles. The maximum atomic E-state index is 13.1. The van der Waals surface area contributed by atoms with Crippen LogP contribution in [0.15, 0.2) is 47.1 Å². The molecule has 4 aliphatic carbocycles. The lowest BCUT2D eigenvalue weighted by Gasteiger charge is -2.62. The summed E-state index contributed by atoms with van der Waals surface area (Å²) in [5.74, 6) is 2.01. The summed E-state index contributed by atoms with van der Waals surface area (Å²) in [6.07, 6.45) is 14.9. The van der Waals surface area contributed by atoms with Crippen molar-refractivity contribution in [2.45, 2.75) is 133 Å². The van der Waals surface area contributed by atoms with Crippen LogP contribution >= 0.6 is 0 Å². The third-order valence-corrected chi connectivity index (χ3v) is 13.2. The van der Waals surface area contributed by atoms with Gasteiger partial charge in [0, 0.05) is 5.41 Å². The van der Waals surface area contributed by atoms with E-state index in [1.54, 1.807) is 0 Å². The smallest absolute Gasteiger partial charge is 0.338 e. The molecule has 0 bridgehead atoms. The van der Waals surface area contributed by atoms with Gasteiger partial charge in [0.1, 0.15) is 6.10 Å². The van der Waals surface area contributed by atoms with Crippen molar-refractivity contribution in [3.8, 4) is 0 Å². The van der Waals surface area contributed by atoms with Gasteiger partial charge in [-0.25, -0.2) is 4.79 Å². The number of allylic oxidation sites excluding steroid dienone is 4. The van der Waals surface area contributed by atoms with Gasteiger partial charge in [-0.3, -0.25) is 0 Å². The SMILES string of the molecule is CC(C)=CCC[C@@H](C)[C@H]1CC[C@@]2(C)C3=C(CC[C@]12C)[C@@]1(C)CC[C@H](OC(=O)c2ccc(C)cc2)C(C)(C)C1CC3. The van der Waals surface area contributed by atoms with E-state index in [0.29, 0.717) is 22.3 Å². The van der Waals surface area contributed by atoms with Gasteiger partial charge in [-0.05, 0) is 131 Å². The number of benzene rings is 1. The Bertz CT molecular complexity index is 1180. The van der Waals surface area contributed by atoms with Gasteiger partial charge in [0.05, 0.1) is 5.56 Å². The van der Waals surface area contributed by atoms with E-state index in [2.05, 4.69) is 68.4 Å². The number of hydrogen-bond acceptors (Lipinski definition) is 2. The third-order valence-electron chi connectivity index (χ3n) is 13.2. The summed E-state index contributed by atoms with van der Waals surface area (Å²) in [5, 5.41) is 0. The van der Waals surface area contributed by atoms with Crippen LogP contribution in [0.3, 0.4) is 0 Å². The Morgan fingerprint density at radius 2 is 1.65 bits per heavy atom. The second kappa shape index (κ2) is 10.5. The monoisotopic (exact) mass is 544 g/mol. The van der Waals surface area contributed by atoms with Crippen LogP contribution in [0, 0.1) is 46.3 Å². The van der Waals surface area contributed by atoms with Gasteiger partial charge in [0.2, 0.25) is 0 Å². The molecule has 2 saturated carbocycles. The average molecular weight is 545 g/mol. The van der Waals surface area contributed by atoms with Crippen molar-refractivity contribution < 1.29 is 9.53 Å². The normalized spacial score (nSPS) is 37.2. The van der Waals surface area contributed by atoms with Gasteiger partial charge in [-0.15, -0.1) is 0 Å². The van der Waals surface area contributed by atoms with E-state index < -0.39 is 0 Å². The van der Waals surface area contributed by atoms with Gasteiger partial charge >= 0.3 is 5.97 Å². The number of aryl methyl sites for hydroxylation is 1. The van der Waals surface area contributed by atoms with Crippen molar-refractivity contribution >= 4 is 5.97 Å². The molecule has 0 radical (unpaired) electrons. The van der Waals surface area contributed by atoms with E-state index in [1.807, 2.05) is 35.4 Å². The van der Waals surface area contributed by atoms with Gasteiger partial charge in [0.15, 0.2) is 0 Å². The highest BCUT2D eigenvalue weighted by Gasteiger charge is 2.63. The molecule has 0 amide bonds. The average Bonchev–Trinajstić information content (AvgIpc) is 3.17. The molecule has 1 aromatic carbocycles. The van der Waals surface area contributed by atoms with E-state index in [1.165, 1.54) is 62.5 Å². The molecule has 2 fully saturated rings. The first-order valence-electron chi connectivity index (χ1n) is 16.4. The van der Waals surface area contributed by atoms with E-state index in [4.69, 9.17) is 4.74 Å². The minimum absolute atomic E-state index is 0.0245. The molecule has 40 heavy (non-hydrogen) atoms. The molecule has 0 N–H and O–H groups in total. The number of hydrogen-bond donors (Lipinski definition) is 0. The zero-order valence-electron chi connectivity index (χ0n) is 27.1. The quantitative estimate of drug-likeness (QED) is 0.263. The summed E-state index contributed by atoms with van der Waals surface area (Å²) >= 11 is 0. The summed E-state index contributed by atoms with van der Waals surface area (Å²) in [7, 11) is 0. The topological polar surface area (TPSA) is 26.3 Å². The molecular formula is C38H56O2. The van der Waals surface area contributed by atoms with Crippen LogP contribution in [0.2, 0.25) is 0 Å². The summed E-state index contributed by atoms with van der Waals surface area (Å²) in [6, 6.07) is 7.83. The molecule has 4 aliphatic rings. The molecule has 5 rings (SSSR count). The van der Waals surface area contributed by atoms with E-state index in [9.17, 15) is 4.79 Å². The fraction of sp³-hybridized carbons (Fsp3) is 0.711. The third kappa shape index (κ3) is 4.64. The zero-order valence-corrected chi connectivity index (χ0v) is 27.1. The molecule has 0 aliphatic heterocycles. The summed E-state index contributed by atoms with van der Waals surface area (Å²) in [5.41, 5.74) is 7.90. The molecule has 2 nitrogen and oxygen atoms in total. The van der Waals surface area contributed by atoms with E-state index in [-0.39, 0.29) is 22.9 Å². The van der Waals surface area contributed by atoms with Crippen molar-refractivity contribution in [2.75, 3.05) is 0 Å². The van der Waals surface area contributed by atoms with Gasteiger partial charge in [-0.2, -0.15) is 0 Å². The summed E-state index contributed by atoms with van der Waals surface area (Å²) in [6.45, 7) is 21.8. The lowest BCUT2D eigenvalue weighted by Crippen LogP contribution is -2.55. The van der Waals surface area contributed by atoms with Crippen LogP contribution in [0.25, 0.3) is 0 Å². The highest BCUT2D eigenvalue weighted by Crippen LogP contribution is 2.72. The first-order valence-corrected chi connectivity index (χ1v) is 16.4. The second-order valence-electron chi connectivity index (χ2n) is 15.8. The first kappa shape index (κ1) is 29.7. The predicted molar refractivity (Wildman–Crippen MR) is 167 cm³/mol. The number of ether oxygens (including phenoxy) is 1. The minimum atomic E-state index is -0.158. The number of carbonyl (C=O) groups is 1. The summed E-state index contributed by atoms with van der Waals surface area (Å²) < 4.78 is 6.30. The Kier molecular flexibility index (Phi) is 7.76. The molecule has 0 heterocycles. The standard InChI is InChI=1S/C38H56O2/c1-25(2)11-10-12-27(4)29-19-23-38(9)31-17-18-32-35(5,6)33(40-34(39)28-15-13-26(3)14-16-28)21-22-36(32,7)30(31)20-24-37(29,38)8/h11,13-16,27,29,32-33H,10,12,17-24H2,1-9H3/t27-,29-,32?,33+,36-,37-,38+/m1/s1. The molecule has 7 atom stereocenters. The van der Waals surface area contributed by atoms with Crippen LogP contribution < -0.4 is 0 Å². The highest BCUT2D eigenvalue weighted by atomic mass is 16.5. The van der Waals surface area contributed by atoms with Crippen LogP contribution in [0.5, 0.6) is 0 Å². The molecule has 1 aromatic rings. The van der Waals surface area contributed by atoms with Gasteiger partial charge in [-0.1, -0.05) is 82.0 Å². The lowest BCUT2D eigenvalue weighted by molar-refractivity contribution is -0.104. The Hall–Kier alpha value is -1.83. The number of esters is 1. The lowest BCUT2D eigenvalue weighted by atomic mass is 9.43. The van der Waals surface area contributed by atoms with Gasteiger partial charge < -0.3 is 4.74 Å². The largest absolute Gasteiger partial charge is 0.458 e. The van der Waals surface area contributed by atoms with Crippen molar-refractivity contribution in [1.82, 2.24) is 0 Å². The predicted octanol–water partition coefficient (Wildman–Crippen LogP) is 10.7. The van der Waals surface area contributed by atoms with Crippen molar-refractivity contribution in [3.05, 3.63) is 58.2 Å². The van der Waals surface area contributed by atoms with Crippen LogP contribution in [0.1, 0.15) is 136 Å². The number of carbonyl (C=O) groups excluding carboxylic acids is 1. The second-order valence-corrected chi connectivity index (χ2v) is 15.8. The Balaban J connectivity index is 1.37. The molecule has 0 saturated heterocycles. The highest BCUT2D eigenvalue weighted by molar-refractivity contribution is 5.89. The maximum absolute atomic E-state index is 13.1. The Morgan fingerprint density at radius 1 is 0.950 bits per heavy atom. The van der Waals surface area contributed by atoms with Crippen molar-refractivity contribution in [3.63, 3.8) is 0 Å². The minimum Gasteiger partial charge on any atom is -0.458 e. The molecule has 1 unspecified atom stereocenters. The molecule has 220 valence electrons. The van der Waals surface area contributed by atoms with Crippen LogP contribution in [-0.4, -0.2) is 12.1 Å².